The molecule has 0 spiro atoms. The van der Waals surface area contributed by atoms with Crippen LogP contribution in [0, 0.1) is 0 Å². The summed E-state index contributed by atoms with van der Waals surface area (Å²) in [7, 11) is 0. The summed E-state index contributed by atoms with van der Waals surface area (Å²) in [6.07, 6.45) is 1.19. The molecule has 1 N–H and O–H groups in total. The van der Waals surface area contributed by atoms with E-state index in [-0.39, 0.29) is 22.6 Å². The van der Waals surface area contributed by atoms with Crippen molar-refractivity contribution in [2.75, 3.05) is 6.54 Å². The van der Waals surface area contributed by atoms with E-state index in [0.29, 0.717) is 6.54 Å². The zero-order chi connectivity index (χ0) is 11.4. The highest BCUT2D eigenvalue weighted by molar-refractivity contribution is 6.40. The number of nitrogens with one attached hydrogen (secondary N) is 1. The van der Waals surface area contributed by atoms with Crippen molar-refractivity contribution in [3.05, 3.63) is 26.9 Å². The Hall–Kier alpha value is -1.07. The third-order valence-electron chi connectivity index (χ3n) is 1.63. The molecule has 1 aromatic heterocycles. The molecule has 0 unspecified atom stereocenters. The molecule has 15 heavy (non-hydrogen) atoms. The lowest BCUT2D eigenvalue weighted by molar-refractivity contribution is -0.121. The number of carbonyl (C=O) groups is 1. The van der Waals surface area contributed by atoms with E-state index in [0.717, 1.165) is 4.57 Å². The number of amides is 1. The quantitative estimate of drug-likeness (QED) is 0.802. The molecule has 0 saturated heterocycles. The Labute approximate surface area is 96.0 Å². The predicted molar refractivity (Wildman–Crippen MR) is 57.2 cm³/mol. The number of hydrogen-bond donors (Lipinski definition) is 1. The van der Waals surface area contributed by atoms with Crippen LogP contribution in [0.4, 0.5) is 0 Å². The van der Waals surface area contributed by atoms with Crippen LogP contribution < -0.4 is 10.9 Å². The van der Waals surface area contributed by atoms with Gasteiger partial charge < -0.3 is 5.32 Å². The minimum absolute atomic E-state index is 0.0613. The second-order valence-electron chi connectivity index (χ2n) is 2.74. The van der Waals surface area contributed by atoms with Crippen molar-refractivity contribution in [3.63, 3.8) is 0 Å². The maximum atomic E-state index is 11.5. The third-order valence-corrected chi connectivity index (χ3v) is 2.35. The van der Waals surface area contributed by atoms with E-state index in [9.17, 15) is 9.59 Å². The second kappa shape index (κ2) is 5.14. The first-order valence-corrected chi connectivity index (χ1v) is 4.99. The molecule has 1 heterocycles. The summed E-state index contributed by atoms with van der Waals surface area (Å²) in [5, 5.41) is 2.31. The number of halogens is 2. The standard InChI is InChI=1S/C8H9Cl2N3O2/c1-2-11-5(14)3-13-4-12-7(10)6(9)8(13)15/h4H,2-3H2,1H3,(H,11,14). The van der Waals surface area contributed by atoms with Gasteiger partial charge in [0.1, 0.15) is 11.6 Å². The Morgan fingerprint density at radius 3 is 2.87 bits per heavy atom. The molecular weight excluding hydrogens is 241 g/mol. The number of rotatable bonds is 3. The van der Waals surface area contributed by atoms with Crippen LogP contribution in [0.5, 0.6) is 0 Å². The van der Waals surface area contributed by atoms with Gasteiger partial charge in [0.25, 0.3) is 5.56 Å². The first-order valence-electron chi connectivity index (χ1n) is 4.23. The van der Waals surface area contributed by atoms with Gasteiger partial charge in [0.15, 0.2) is 5.15 Å². The van der Waals surface area contributed by atoms with Crippen LogP contribution >= 0.6 is 23.2 Å². The van der Waals surface area contributed by atoms with Gasteiger partial charge in [0.05, 0.1) is 6.33 Å². The monoisotopic (exact) mass is 249 g/mol. The van der Waals surface area contributed by atoms with Crippen molar-refractivity contribution < 1.29 is 4.79 Å². The molecule has 0 aliphatic rings. The smallest absolute Gasteiger partial charge is 0.274 e. The van der Waals surface area contributed by atoms with Crippen LogP contribution in [0.1, 0.15) is 6.92 Å². The number of likely N-dealkylation sites (N-methyl/N-ethyl adjacent to an activating group) is 1. The van der Waals surface area contributed by atoms with Crippen molar-refractivity contribution in [3.8, 4) is 0 Å². The number of hydrogen-bond acceptors (Lipinski definition) is 3. The summed E-state index contributed by atoms with van der Waals surface area (Å²) in [4.78, 5) is 26.3. The van der Waals surface area contributed by atoms with E-state index >= 15 is 0 Å². The average Bonchev–Trinajstić information content (AvgIpc) is 2.20. The summed E-state index contributed by atoms with van der Waals surface area (Å²) >= 11 is 11.1. The van der Waals surface area contributed by atoms with E-state index < -0.39 is 5.56 Å². The van der Waals surface area contributed by atoms with Crippen molar-refractivity contribution in [1.29, 1.82) is 0 Å². The summed E-state index contributed by atoms with van der Waals surface area (Å²) in [6.45, 7) is 2.17. The van der Waals surface area contributed by atoms with Crippen LogP contribution in [-0.4, -0.2) is 22.0 Å². The Morgan fingerprint density at radius 2 is 2.27 bits per heavy atom. The minimum Gasteiger partial charge on any atom is -0.355 e. The van der Waals surface area contributed by atoms with Crippen LogP contribution in [-0.2, 0) is 11.3 Å². The van der Waals surface area contributed by atoms with Gasteiger partial charge >= 0.3 is 0 Å². The van der Waals surface area contributed by atoms with E-state index in [4.69, 9.17) is 23.2 Å². The highest BCUT2D eigenvalue weighted by Gasteiger charge is 2.09. The van der Waals surface area contributed by atoms with Gasteiger partial charge in [-0.05, 0) is 6.92 Å². The van der Waals surface area contributed by atoms with Gasteiger partial charge in [0.2, 0.25) is 5.91 Å². The normalized spacial score (nSPS) is 10.1. The average molecular weight is 250 g/mol. The van der Waals surface area contributed by atoms with Gasteiger partial charge in [-0.3, -0.25) is 14.2 Å². The van der Waals surface area contributed by atoms with Gasteiger partial charge in [-0.25, -0.2) is 4.98 Å². The molecule has 0 aromatic carbocycles. The molecule has 1 rings (SSSR count). The number of aromatic nitrogens is 2. The lowest BCUT2D eigenvalue weighted by Gasteiger charge is -2.05. The van der Waals surface area contributed by atoms with Gasteiger partial charge in [-0.1, -0.05) is 23.2 Å². The maximum absolute atomic E-state index is 11.5. The molecule has 5 nitrogen and oxygen atoms in total. The van der Waals surface area contributed by atoms with Crippen molar-refractivity contribution in [1.82, 2.24) is 14.9 Å². The fraction of sp³-hybridized carbons (Fsp3) is 0.375. The van der Waals surface area contributed by atoms with E-state index in [1.807, 2.05) is 0 Å². The van der Waals surface area contributed by atoms with E-state index in [1.54, 1.807) is 6.92 Å². The Balaban J connectivity index is 2.92. The van der Waals surface area contributed by atoms with Crippen LogP contribution in [0.3, 0.4) is 0 Å². The van der Waals surface area contributed by atoms with Crippen molar-refractivity contribution >= 4 is 29.1 Å². The molecule has 0 bridgehead atoms. The molecule has 7 heteroatoms. The van der Waals surface area contributed by atoms with Crippen LogP contribution in [0.25, 0.3) is 0 Å². The predicted octanol–water partition coefficient (Wildman–Crippen LogP) is 0.686. The molecule has 0 radical (unpaired) electrons. The molecule has 0 aliphatic carbocycles. The molecule has 0 fully saturated rings. The molecule has 1 aromatic rings. The first-order chi connectivity index (χ1) is 7.06. The molecule has 82 valence electrons. The topological polar surface area (TPSA) is 64.0 Å². The van der Waals surface area contributed by atoms with Crippen LogP contribution in [0.2, 0.25) is 10.2 Å². The highest BCUT2D eigenvalue weighted by Crippen LogP contribution is 2.12. The fourth-order valence-corrected chi connectivity index (χ4v) is 1.25. The second-order valence-corrected chi connectivity index (χ2v) is 3.47. The molecule has 0 aliphatic heterocycles. The Bertz CT molecular complexity index is 430. The lowest BCUT2D eigenvalue weighted by Crippen LogP contribution is -2.32. The molecule has 0 atom stereocenters. The summed E-state index contributed by atoms with van der Waals surface area (Å²) in [5.74, 6) is -0.278. The number of nitrogens with zero attached hydrogens (tertiary/aromatic N) is 2. The van der Waals surface area contributed by atoms with Gasteiger partial charge in [-0.15, -0.1) is 0 Å². The minimum atomic E-state index is -0.525. The number of carbonyl (C=O) groups excluding carboxylic acids is 1. The summed E-state index contributed by atoms with van der Waals surface area (Å²) < 4.78 is 1.10. The van der Waals surface area contributed by atoms with Crippen molar-refractivity contribution in [2.45, 2.75) is 13.5 Å². The lowest BCUT2D eigenvalue weighted by atomic mass is 10.5. The fourth-order valence-electron chi connectivity index (χ4n) is 0.964. The molecular formula is C8H9Cl2N3O2. The summed E-state index contributed by atoms with van der Waals surface area (Å²) in [6, 6.07) is 0. The molecule has 1 amide bonds. The zero-order valence-electron chi connectivity index (χ0n) is 7.96. The Morgan fingerprint density at radius 1 is 1.60 bits per heavy atom. The van der Waals surface area contributed by atoms with Crippen molar-refractivity contribution in [2.24, 2.45) is 0 Å². The zero-order valence-corrected chi connectivity index (χ0v) is 9.47. The SMILES string of the molecule is CCNC(=O)Cn1cnc(Cl)c(Cl)c1=O. The van der Waals surface area contributed by atoms with Gasteiger partial charge in [-0.2, -0.15) is 0 Å². The molecule has 0 saturated carbocycles. The highest BCUT2D eigenvalue weighted by atomic mass is 35.5. The van der Waals surface area contributed by atoms with Gasteiger partial charge in [0, 0.05) is 6.54 Å². The Kier molecular flexibility index (Phi) is 4.11. The van der Waals surface area contributed by atoms with E-state index in [1.165, 1.54) is 6.33 Å². The summed E-state index contributed by atoms with van der Waals surface area (Å²) in [5.41, 5.74) is -0.525. The third kappa shape index (κ3) is 2.94. The maximum Gasteiger partial charge on any atom is 0.274 e. The van der Waals surface area contributed by atoms with Crippen LogP contribution in [0.15, 0.2) is 11.1 Å². The van der Waals surface area contributed by atoms with E-state index in [2.05, 4.69) is 10.3 Å². The first kappa shape index (κ1) is 12.0. The largest absolute Gasteiger partial charge is 0.355 e.